The Morgan fingerprint density at radius 3 is 2.33 bits per heavy atom. The van der Waals surface area contributed by atoms with Crippen LogP contribution in [0, 0.1) is 5.92 Å². The topological polar surface area (TPSA) is 53.6 Å². The molecule has 1 heterocycles. The Morgan fingerprint density at radius 2 is 1.86 bits per heavy atom. The third-order valence-corrected chi connectivity index (χ3v) is 3.84. The first-order chi connectivity index (χ1) is 9.67. The molecule has 1 unspecified atom stereocenters. The van der Waals surface area contributed by atoms with Crippen LogP contribution in [0.3, 0.4) is 0 Å². The SMILES string of the molecule is CC(C)C(CNC(=O)OC(C)(C)C)NC1CCN(C)CC1. The number of carbonyl (C=O) groups excluding carboxylic acids is 1. The van der Waals surface area contributed by atoms with E-state index in [9.17, 15) is 4.79 Å². The Hall–Kier alpha value is -0.810. The Labute approximate surface area is 129 Å². The molecule has 1 rings (SSSR count). The highest BCUT2D eigenvalue weighted by molar-refractivity contribution is 5.67. The molecule has 1 amide bonds. The summed E-state index contributed by atoms with van der Waals surface area (Å²) in [6, 6.07) is 0.833. The molecule has 0 aliphatic carbocycles. The predicted molar refractivity (Wildman–Crippen MR) is 86.5 cm³/mol. The minimum atomic E-state index is -0.446. The highest BCUT2D eigenvalue weighted by Gasteiger charge is 2.23. The van der Waals surface area contributed by atoms with Gasteiger partial charge >= 0.3 is 6.09 Å². The first kappa shape index (κ1) is 18.2. The number of carbonyl (C=O) groups is 1. The lowest BCUT2D eigenvalue weighted by Gasteiger charge is -2.34. The molecule has 5 nitrogen and oxygen atoms in total. The van der Waals surface area contributed by atoms with Crippen molar-refractivity contribution in [2.45, 2.75) is 65.1 Å². The van der Waals surface area contributed by atoms with Crippen LogP contribution in [-0.4, -0.2) is 55.4 Å². The molecule has 5 heteroatoms. The molecule has 1 saturated heterocycles. The van der Waals surface area contributed by atoms with Gasteiger partial charge < -0.3 is 20.3 Å². The van der Waals surface area contributed by atoms with Gasteiger partial charge in [-0.1, -0.05) is 13.8 Å². The largest absolute Gasteiger partial charge is 0.444 e. The summed E-state index contributed by atoms with van der Waals surface area (Å²) in [5.74, 6) is 0.472. The van der Waals surface area contributed by atoms with Crippen LogP contribution in [0.2, 0.25) is 0 Å². The lowest BCUT2D eigenvalue weighted by atomic mass is 9.99. The molecule has 0 radical (unpaired) electrons. The molecule has 0 aromatic heterocycles. The fourth-order valence-electron chi connectivity index (χ4n) is 2.47. The maximum atomic E-state index is 11.8. The number of amides is 1. The van der Waals surface area contributed by atoms with Gasteiger partial charge in [-0.05, 0) is 59.7 Å². The maximum absolute atomic E-state index is 11.8. The van der Waals surface area contributed by atoms with Gasteiger partial charge in [0, 0.05) is 18.6 Å². The molecule has 0 aromatic rings. The first-order valence-corrected chi connectivity index (χ1v) is 8.09. The van der Waals surface area contributed by atoms with E-state index in [0.29, 0.717) is 18.5 Å². The van der Waals surface area contributed by atoms with Gasteiger partial charge in [0.2, 0.25) is 0 Å². The summed E-state index contributed by atoms with van der Waals surface area (Å²) in [6.07, 6.45) is 2.01. The second-order valence-corrected chi connectivity index (χ2v) is 7.48. The Bertz CT molecular complexity index is 318. The van der Waals surface area contributed by atoms with E-state index in [0.717, 1.165) is 13.1 Å². The Kier molecular flexibility index (Phi) is 6.94. The summed E-state index contributed by atoms with van der Waals surface area (Å²) in [6.45, 7) is 12.9. The van der Waals surface area contributed by atoms with Crippen molar-refractivity contribution in [3.05, 3.63) is 0 Å². The minimum absolute atomic E-state index is 0.283. The van der Waals surface area contributed by atoms with Gasteiger partial charge in [0.1, 0.15) is 5.60 Å². The molecule has 1 aliphatic heterocycles. The van der Waals surface area contributed by atoms with Crippen molar-refractivity contribution >= 4 is 6.09 Å². The van der Waals surface area contributed by atoms with E-state index in [1.165, 1.54) is 12.8 Å². The van der Waals surface area contributed by atoms with E-state index in [2.05, 4.69) is 36.4 Å². The van der Waals surface area contributed by atoms with Crippen molar-refractivity contribution in [1.29, 1.82) is 0 Å². The molecular weight excluding hydrogens is 266 g/mol. The average Bonchev–Trinajstić information content (AvgIpc) is 2.34. The zero-order chi connectivity index (χ0) is 16.0. The third kappa shape index (κ3) is 7.67. The van der Waals surface area contributed by atoms with Crippen molar-refractivity contribution in [1.82, 2.24) is 15.5 Å². The van der Waals surface area contributed by atoms with Crippen molar-refractivity contribution in [2.24, 2.45) is 5.92 Å². The van der Waals surface area contributed by atoms with Gasteiger partial charge in [-0.25, -0.2) is 4.79 Å². The number of hydrogen-bond acceptors (Lipinski definition) is 4. The monoisotopic (exact) mass is 299 g/mol. The summed E-state index contributed by atoms with van der Waals surface area (Å²) in [4.78, 5) is 14.1. The van der Waals surface area contributed by atoms with E-state index in [4.69, 9.17) is 4.74 Å². The van der Waals surface area contributed by atoms with Gasteiger partial charge in [-0.2, -0.15) is 0 Å². The highest BCUT2D eigenvalue weighted by Crippen LogP contribution is 2.12. The molecule has 0 bridgehead atoms. The smallest absolute Gasteiger partial charge is 0.407 e. The quantitative estimate of drug-likeness (QED) is 0.817. The molecule has 0 saturated carbocycles. The number of alkyl carbamates (subject to hydrolysis) is 1. The van der Waals surface area contributed by atoms with Crippen LogP contribution < -0.4 is 10.6 Å². The van der Waals surface area contributed by atoms with E-state index in [-0.39, 0.29) is 12.1 Å². The summed E-state index contributed by atoms with van der Waals surface area (Å²) >= 11 is 0. The van der Waals surface area contributed by atoms with Gasteiger partial charge in [-0.3, -0.25) is 0 Å². The van der Waals surface area contributed by atoms with Crippen molar-refractivity contribution in [3.63, 3.8) is 0 Å². The van der Waals surface area contributed by atoms with Crippen molar-refractivity contribution < 1.29 is 9.53 Å². The van der Waals surface area contributed by atoms with Gasteiger partial charge in [0.25, 0.3) is 0 Å². The van der Waals surface area contributed by atoms with Crippen LogP contribution in [0.5, 0.6) is 0 Å². The molecule has 1 aliphatic rings. The standard InChI is InChI=1S/C16H33N3O2/c1-12(2)14(11-17-15(20)21-16(3,4)5)18-13-7-9-19(6)10-8-13/h12-14,18H,7-11H2,1-6H3,(H,17,20). The number of ether oxygens (including phenoxy) is 1. The first-order valence-electron chi connectivity index (χ1n) is 8.09. The summed E-state index contributed by atoms with van der Waals surface area (Å²) in [5, 5.41) is 6.58. The Balaban J connectivity index is 2.38. The maximum Gasteiger partial charge on any atom is 0.407 e. The number of piperidine rings is 1. The van der Waals surface area contributed by atoms with Crippen LogP contribution in [-0.2, 0) is 4.74 Å². The van der Waals surface area contributed by atoms with Crippen LogP contribution in [0.4, 0.5) is 4.79 Å². The van der Waals surface area contributed by atoms with Crippen molar-refractivity contribution in [3.8, 4) is 0 Å². The lowest BCUT2D eigenvalue weighted by Crippen LogP contribution is -2.51. The highest BCUT2D eigenvalue weighted by atomic mass is 16.6. The van der Waals surface area contributed by atoms with Crippen LogP contribution in [0.1, 0.15) is 47.5 Å². The fourth-order valence-corrected chi connectivity index (χ4v) is 2.47. The Morgan fingerprint density at radius 1 is 1.29 bits per heavy atom. The summed E-state index contributed by atoms with van der Waals surface area (Å²) < 4.78 is 5.29. The molecule has 124 valence electrons. The fraction of sp³-hybridized carbons (Fsp3) is 0.938. The van der Waals surface area contributed by atoms with Crippen LogP contribution in [0.15, 0.2) is 0 Å². The summed E-state index contributed by atoms with van der Waals surface area (Å²) in [5.41, 5.74) is -0.446. The zero-order valence-corrected chi connectivity index (χ0v) is 14.5. The van der Waals surface area contributed by atoms with E-state index < -0.39 is 5.60 Å². The lowest BCUT2D eigenvalue weighted by molar-refractivity contribution is 0.0517. The molecule has 2 N–H and O–H groups in total. The molecule has 1 fully saturated rings. The van der Waals surface area contributed by atoms with Gasteiger partial charge in [-0.15, -0.1) is 0 Å². The van der Waals surface area contributed by atoms with E-state index in [1.54, 1.807) is 0 Å². The number of nitrogens with zero attached hydrogens (tertiary/aromatic N) is 1. The molecule has 0 spiro atoms. The van der Waals surface area contributed by atoms with Crippen LogP contribution in [0.25, 0.3) is 0 Å². The van der Waals surface area contributed by atoms with Crippen molar-refractivity contribution in [2.75, 3.05) is 26.7 Å². The second kappa shape index (κ2) is 7.99. The van der Waals surface area contributed by atoms with E-state index in [1.807, 2.05) is 20.8 Å². The van der Waals surface area contributed by atoms with E-state index >= 15 is 0 Å². The average molecular weight is 299 g/mol. The zero-order valence-electron chi connectivity index (χ0n) is 14.5. The number of likely N-dealkylation sites (tertiary alicyclic amines) is 1. The molecular formula is C16H33N3O2. The van der Waals surface area contributed by atoms with Gasteiger partial charge in [0.15, 0.2) is 0 Å². The molecule has 21 heavy (non-hydrogen) atoms. The number of rotatable bonds is 5. The minimum Gasteiger partial charge on any atom is -0.444 e. The number of nitrogens with one attached hydrogen (secondary N) is 2. The van der Waals surface area contributed by atoms with Gasteiger partial charge in [0.05, 0.1) is 0 Å². The summed E-state index contributed by atoms with van der Waals surface area (Å²) in [7, 11) is 2.17. The molecule has 0 aromatic carbocycles. The van der Waals surface area contributed by atoms with Crippen LogP contribution >= 0.6 is 0 Å². The number of hydrogen-bond donors (Lipinski definition) is 2. The predicted octanol–water partition coefficient (Wildman–Crippen LogP) is 2.22. The molecule has 1 atom stereocenters. The normalized spacial score (nSPS) is 19.6. The second-order valence-electron chi connectivity index (χ2n) is 7.48. The third-order valence-electron chi connectivity index (χ3n) is 3.84.